The zero-order valence-electron chi connectivity index (χ0n) is 15.9. The highest BCUT2D eigenvalue weighted by Gasteiger charge is 2.07. The van der Waals surface area contributed by atoms with Crippen LogP contribution in [0.4, 0.5) is 0 Å². The van der Waals surface area contributed by atoms with Crippen LogP contribution in [0.5, 0.6) is 5.75 Å². The van der Waals surface area contributed by atoms with Crippen molar-refractivity contribution in [3.63, 3.8) is 0 Å². The highest BCUT2D eigenvalue weighted by molar-refractivity contribution is 9.10. The number of benzene rings is 3. The van der Waals surface area contributed by atoms with E-state index in [1.807, 2.05) is 77.4 Å². The average molecular weight is 523 g/mol. The maximum absolute atomic E-state index is 9.62. The molecular formula is C24H17Br2N3O. The Morgan fingerprint density at radius 2 is 1.87 bits per heavy atom. The van der Waals surface area contributed by atoms with Gasteiger partial charge < -0.3 is 9.30 Å². The highest BCUT2D eigenvalue weighted by Crippen LogP contribution is 2.28. The van der Waals surface area contributed by atoms with Gasteiger partial charge in [0.25, 0.3) is 0 Å². The molecule has 148 valence electrons. The van der Waals surface area contributed by atoms with Crippen LogP contribution in [0, 0.1) is 11.3 Å². The van der Waals surface area contributed by atoms with E-state index in [1.165, 1.54) is 0 Å². The minimum Gasteiger partial charge on any atom is -0.488 e. The number of nitrogens with zero attached hydrogens (tertiary/aromatic N) is 3. The van der Waals surface area contributed by atoms with Crippen molar-refractivity contribution >= 4 is 49.0 Å². The van der Waals surface area contributed by atoms with Gasteiger partial charge in [0.05, 0.1) is 34.4 Å². The third-order valence-corrected chi connectivity index (χ3v) is 5.76. The summed E-state index contributed by atoms with van der Waals surface area (Å²) >= 11 is 7.01. The lowest BCUT2D eigenvalue weighted by molar-refractivity contribution is 0.304. The van der Waals surface area contributed by atoms with Crippen LogP contribution in [0.15, 0.2) is 87.6 Å². The van der Waals surface area contributed by atoms with Gasteiger partial charge in [0.1, 0.15) is 12.4 Å². The highest BCUT2D eigenvalue weighted by atomic mass is 79.9. The molecule has 0 saturated carbocycles. The van der Waals surface area contributed by atoms with Crippen LogP contribution in [0.25, 0.3) is 17.1 Å². The van der Waals surface area contributed by atoms with Crippen molar-refractivity contribution in [3.8, 4) is 11.8 Å². The summed E-state index contributed by atoms with van der Waals surface area (Å²) in [6.07, 6.45) is 3.66. The first-order chi connectivity index (χ1) is 14.6. The molecule has 0 fully saturated rings. The van der Waals surface area contributed by atoms with E-state index in [4.69, 9.17) is 4.74 Å². The Labute approximate surface area is 191 Å². The molecule has 30 heavy (non-hydrogen) atoms. The quantitative estimate of drug-likeness (QED) is 0.263. The Kier molecular flexibility index (Phi) is 6.32. The summed E-state index contributed by atoms with van der Waals surface area (Å²) < 4.78 is 9.79. The third-order valence-electron chi connectivity index (χ3n) is 4.62. The molecule has 0 radical (unpaired) electrons. The number of hydrogen-bond donors (Lipinski definition) is 0. The van der Waals surface area contributed by atoms with E-state index in [0.717, 1.165) is 36.9 Å². The fourth-order valence-corrected chi connectivity index (χ4v) is 3.88. The molecule has 0 aliphatic carbocycles. The van der Waals surface area contributed by atoms with Gasteiger partial charge in [-0.15, -0.1) is 0 Å². The van der Waals surface area contributed by atoms with E-state index < -0.39 is 0 Å². The number of para-hydroxylation sites is 2. The Hall–Kier alpha value is -2.88. The number of fused-ring (bicyclic) bond motifs is 1. The standard InChI is InChI=1S/C24H17Br2N3O/c25-20-8-5-17(6-9-20)15-30-24-10-7-18(12-21(24)26)11-19(13-27)14-29-16-28-22-3-1-2-4-23(22)29/h1-12,16H,14-15H2/b19-11-. The predicted molar refractivity (Wildman–Crippen MR) is 126 cm³/mol. The lowest BCUT2D eigenvalue weighted by atomic mass is 10.1. The Balaban J connectivity index is 1.48. The van der Waals surface area contributed by atoms with Crippen molar-refractivity contribution in [3.05, 3.63) is 98.7 Å². The molecule has 3 aromatic carbocycles. The van der Waals surface area contributed by atoms with Gasteiger partial charge in [-0.3, -0.25) is 0 Å². The van der Waals surface area contributed by atoms with Gasteiger partial charge in [0, 0.05) is 10.0 Å². The van der Waals surface area contributed by atoms with Crippen molar-refractivity contribution in [2.45, 2.75) is 13.2 Å². The monoisotopic (exact) mass is 521 g/mol. The molecular weight excluding hydrogens is 506 g/mol. The van der Waals surface area contributed by atoms with E-state index in [0.29, 0.717) is 18.7 Å². The summed E-state index contributed by atoms with van der Waals surface area (Å²) in [4.78, 5) is 4.39. The van der Waals surface area contributed by atoms with Crippen LogP contribution in [0.3, 0.4) is 0 Å². The number of nitriles is 1. The first kappa shape index (κ1) is 20.4. The van der Waals surface area contributed by atoms with Crippen molar-refractivity contribution in [1.29, 1.82) is 5.26 Å². The molecule has 0 amide bonds. The Morgan fingerprint density at radius 3 is 2.63 bits per heavy atom. The van der Waals surface area contributed by atoms with E-state index in [9.17, 15) is 5.26 Å². The molecule has 0 unspecified atom stereocenters. The lowest BCUT2D eigenvalue weighted by Crippen LogP contribution is -1.98. The van der Waals surface area contributed by atoms with E-state index in [2.05, 4.69) is 42.9 Å². The molecule has 0 spiro atoms. The van der Waals surface area contributed by atoms with Crippen LogP contribution in [-0.2, 0) is 13.2 Å². The van der Waals surface area contributed by atoms with Gasteiger partial charge >= 0.3 is 0 Å². The zero-order chi connectivity index (χ0) is 20.9. The van der Waals surface area contributed by atoms with Gasteiger partial charge in [-0.05, 0) is 69.5 Å². The smallest absolute Gasteiger partial charge is 0.134 e. The predicted octanol–water partition coefficient (Wildman–Crippen LogP) is 6.75. The molecule has 1 aromatic heterocycles. The molecule has 0 atom stereocenters. The minimum absolute atomic E-state index is 0.469. The maximum atomic E-state index is 9.62. The molecule has 4 aromatic rings. The third kappa shape index (κ3) is 4.81. The molecule has 0 aliphatic heterocycles. The average Bonchev–Trinajstić information content (AvgIpc) is 3.17. The molecule has 0 N–H and O–H groups in total. The number of halogens is 2. The number of allylic oxidation sites excluding steroid dienone is 1. The van der Waals surface area contributed by atoms with Gasteiger partial charge in [0.2, 0.25) is 0 Å². The normalized spacial score (nSPS) is 11.4. The van der Waals surface area contributed by atoms with Crippen LogP contribution in [0.2, 0.25) is 0 Å². The molecule has 0 aliphatic rings. The second-order valence-corrected chi connectivity index (χ2v) is 8.52. The first-order valence-corrected chi connectivity index (χ1v) is 10.9. The van der Waals surface area contributed by atoms with Crippen LogP contribution in [-0.4, -0.2) is 9.55 Å². The van der Waals surface area contributed by atoms with Crippen LogP contribution in [0.1, 0.15) is 11.1 Å². The second kappa shape index (κ2) is 9.29. The van der Waals surface area contributed by atoms with E-state index in [1.54, 1.807) is 6.33 Å². The molecule has 4 nitrogen and oxygen atoms in total. The van der Waals surface area contributed by atoms with Crippen LogP contribution < -0.4 is 4.74 Å². The fourth-order valence-electron chi connectivity index (χ4n) is 3.10. The number of hydrogen-bond acceptors (Lipinski definition) is 3. The number of rotatable bonds is 6. The Bertz CT molecular complexity index is 1250. The molecule has 0 saturated heterocycles. The number of ether oxygens (including phenoxy) is 1. The summed E-state index contributed by atoms with van der Waals surface area (Å²) in [5.41, 5.74) is 4.60. The summed E-state index contributed by atoms with van der Waals surface area (Å²) in [7, 11) is 0. The van der Waals surface area contributed by atoms with Crippen LogP contribution >= 0.6 is 31.9 Å². The Morgan fingerprint density at radius 1 is 1.07 bits per heavy atom. The van der Waals surface area contributed by atoms with Gasteiger partial charge in [-0.2, -0.15) is 5.26 Å². The van der Waals surface area contributed by atoms with Crippen molar-refractivity contribution in [1.82, 2.24) is 9.55 Å². The summed E-state index contributed by atoms with van der Waals surface area (Å²) in [6.45, 7) is 0.953. The second-order valence-electron chi connectivity index (χ2n) is 6.75. The fraction of sp³-hybridized carbons (Fsp3) is 0.0833. The first-order valence-electron chi connectivity index (χ1n) is 9.30. The lowest BCUT2D eigenvalue weighted by Gasteiger charge is -2.09. The molecule has 6 heteroatoms. The number of imidazole rings is 1. The SMILES string of the molecule is N#C/C(=C/c1ccc(OCc2ccc(Br)cc2)c(Br)c1)Cn1cnc2ccccc21. The molecule has 0 bridgehead atoms. The van der Waals surface area contributed by atoms with E-state index in [-0.39, 0.29) is 0 Å². The maximum Gasteiger partial charge on any atom is 0.134 e. The van der Waals surface area contributed by atoms with Crippen molar-refractivity contribution < 1.29 is 4.74 Å². The van der Waals surface area contributed by atoms with Crippen molar-refractivity contribution in [2.24, 2.45) is 0 Å². The summed E-state index contributed by atoms with van der Waals surface area (Å²) in [5.74, 6) is 0.759. The van der Waals surface area contributed by atoms with Crippen molar-refractivity contribution in [2.75, 3.05) is 0 Å². The largest absolute Gasteiger partial charge is 0.488 e. The van der Waals surface area contributed by atoms with Gasteiger partial charge in [0.15, 0.2) is 0 Å². The zero-order valence-corrected chi connectivity index (χ0v) is 19.1. The summed E-state index contributed by atoms with van der Waals surface area (Å²) in [5, 5.41) is 9.62. The minimum atomic E-state index is 0.469. The van der Waals surface area contributed by atoms with Gasteiger partial charge in [-0.25, -0.2) is 4.98 Å². The summed E-state index contributed by atoms with van der Waals surface area (Å²) in [6, 6.07) is 24.1. The van der Waals surface area contributed by atoms with E-state index >= 15 is 0 Å². The molecule has 4 rings (SSSR count). The molecule has 1 heterocycles. The topological polar surface area (TPSA) is 50.8 Å². The number of aromatic nitrogens is 2. The van der Waals surface area contributed by atoms with Gasteiger partial charge in [-0.1, -0.05) is 46.3 Å².